The Labute approximate surface area is 273 Å². The second kappa shape index (κ2) is 12.1. The number of carbonyl (C=O) groups excluding carboxylic acids is 2. The first-order valence-corrected chi connectivity index (χ1v) is 15.4. The van der Waals surface area contributed by atoms with E-state index in [0.29, 0.717) is 69.5 Å². The van der Waals surface area contributed by atoms with E-state index >= 15 is 0 Å². The van der Waals surface area contributed by atoms with Crippen LogP contribution in [0.3, 0.4) is 0 Å². The summed E-state index contributed by atoms with van der Waals surface area (Å²) in [5, 5.41) is 7.30. The van der Waals surface area contributed by atoms with Crippen LogP contribution in [-0.2, 0) is 32.6 Å². The summed E-state index contributed by atoms with van der Waals surface area (Å²) in [6, 6.07) is 18.1. The molecule has 6 aromatic rings. The van der Waals surface area contributed by atoms with Crippen molar-refractivity contribution in [1.82, 2.24) is 24.3 Å². The molecule has 0 bridgehead atoms. The van der Waals surface area contributed by atoms with Crippen molar-refractivity contribution in [3.8, 4) is 11.1 Å². The van der Waals surface area contributed by atoms with Crippen LogP contribution < -0.4 is 10.2 Å². The molecule has 0 saturated heterocycles. The number of imidazole rings is 1. The van der Waals surface area contributed by atoms with E-state index in [2.05, 4.69) is 20.4 Å². The fraction of sp³-hybridized carbons (Fsp3) is 0.194. The van der Waals surface area contributed by atoms with Gasteiger partial charge in [-0.3, -0.25) is 19.3 Å². The van der Waals surface area contributed by atoms with E-state index in [9.17, 15) is 22.8 Å². The molecule has 3 aromatic heterocycles. The molecule has 7 rings (SSSR count). The van der Waals surface area contributed by atoms with E-state index < -0.39 is 11.9 Å². The van der Waals surface area contributed by atoms with Crippen LogP contribution in [0.1, 0.15) is 50.0 Å². The van der Waals surface area contributed by atoms with Crippen LogP contribution in [0.4, 0.5) is 24.5 Å². The van der Waals surface area contributed by atoms with Gasteiger partial charge in [0.2, 0.25) is 0 Å². The van der Waals surface area contributed by atoms with Crippen LogP contribution >= 0.6 is 0 Å². The van der Waals surface area contributed by atoms with Crippen molar-refractivity contribution in [2.45, 2.75) is 32.5 Å². The maximum Gasteiger partial charge on any atom is 0.435 e. The molecule has 242 valence electrons. The van der Waals surface area contributed by atoms with Gasteiger partial charge >= 0.3 is 6.18 Å². The summed E-state index contributed by atoms with van der Waals surface area (Å²) in [7, 11) is 1.45. The van der Waals surface area contributed by atoms with E-state index in [1.807, 2.05) is 37.3 Å². The first kappa shape index (κ1) is 30.9. The molecule has 0 spiro atoms. The number of hydrogen-bond donors (Lipinski definition) is 1. The lowest BCUT2D eigenvalue weighted by Gasteiger charge is -2.31. The SMILES string of the molecule is CCc1cc(C(=O)Nc2ccccc2)c2nccc(N3CCc4c(cc(Cn5ccnc5)cc4-c4cn(C)nc4C(F)(F)F)C3=O)c2c1. The summed E-state index contributed by atoms with van der Waals surface area (Å²) in [6.07, 6.45) is 4.14. The fourth-order valence-corrected chi connectivity index (χ4v) is 6.34. The number of pyridine rings is 1. The van der Waals surface area contributed by atoms with E-state index in [0.717, 1.165) is 10.2 Å². The molecule has 1 N–H and O–H groups in total. The van der Waals surface area contributed by atoms with Gasteiger partial charge in [0.15, 0.2) is 5.69 Å². The molecule has 9 nitrogen and oxygen atoms in total. The third-order valence-electron chi connectivity index (χ3n) is 8.54. The van der Waals surface area contributed by atoms with Crippen molar-refractivity contribution in [1.29, 1.82) is 0 Å². The van der Waals surface area contributed by atoms with Crippen LogP contribution in [0.5, 0.6) is 0 Å². The van der Waals surface area contributed by atoms with Gasteiger partial charge < -0.3 is 14.8 Å². The molecular formula is C36H30F3N7O2. The van der Waals surface area contributed by atoms with Crippen LogP contribution in [0.15, 0.2) is 91.8 Å². The smallest absolute Gasteiger partial charge is 0.333 e. The maximum atomic E-state index is 14.5. The van der Waals surface area contributed by atoms with E-state index in [4.69, 9.17) is 0 Å². The van der Waals surface area contributed by atoms with Gasteiger partial charge in [0.1, 0.15) is 0 Å². The zero-order valence-corrected chi connectivity index (χ0v) is 26.1. The lowest BCUT2D eigenvalue weighted by Crippen LogP contribution is -2.38. The number of benzene rings is 3. The van der Waals surface area contributed by atoms with Gasteiger partial charge in [-0.05, 0) is 77.6 Å². The molecule has 48 heavy (non-hydrogen) atoms. The van der Waals surface area contributed by atoms with Crippen molar-refractivity contribution in [3.05, 3.63) is 125 Å². The molecule has 3 aromatic carbocycles. The largest absolute Gasteiger partial charge is 0.435 e. The van der Waals surface area contributed by atoms with Crippen molar-refractivity contribution >= 4 is 34.1 Å². The first-order chi connectivity index (χ1) is 23.1. The van der Waals surface area contributed by atoms with E-state index in [1.165, 1.54) is 13.2 Å². The Balaban J connectivity index is 1.35. The summed E-state index contributed by atoms with van der Waals surface area (Å²) in [5.41, 5.74) is 3.63. The summed E-state index contributed by atoms with van der Waals surface area (Å²) in [4.78, 5) is 38.3. The van der Waals surface area contributed by atoms with Crippen molar-refractivity contribution in [3.63, 3.8) is 0 Å². The third-order valence-corrected chi connectivity index (χ3v) is 8.54. The minimum Gasteiger partial charge on any atom is -0.333 e. The number of para-hydroxylation sites is 1. The molecule has 0 radical (unpaired) electrons. The lowest BCUT2D eigenvalue weighted by molar-refractivity contribution is -0.141. The number of alkyl halides is 3. The summed E-state index contributed by atoms with van der Waals surface area (Å²) in [5.74, 6) is -0.681. The number of aromatic nitrogens is 5. The Morgan fingerprint density at radius 3 is 2.50 bits per heavy atom. The number of carbonyl (C=O) groups is 2. The second-order valence-corrected chi connectivity index (χ2v) is 11.7. The lowest BCUT2D eigenvalue weighted by atomic mass is 9.87. The van der Waals surface area contributed by atoms with Gasteiger partial charge in [-0.2, -0.15) is 18.3 Å². The minimum absolute atomic E-state index is 0.0778. The number of fused-ring (bicyclic) bond motifs is 2. The number of hydrogen-bond acceptors (Lipinski definition) is 5. The third kappa shape index (κ3) is 5.70. The molecule has 0 unspecified atom stereocenters. The van der Waals surface area contributed by atoms with Gasteiger partial charge in [0, 0.05) is 67.1 Å². The summed E-state index contributed by atoms with van der Waals surface area (Å²) < 4.78 is 45.4. The molecule has 0 fully saturated rings. The Hall–Kier alpha value is -5.78. The average Bonchev–Trinajstić information content (AvgIpc) is 3.74. The highest BCUT2D eigenvalue weighted by molar-refractivity contribution is 6.17. The second-order valence-electron chi connectivity index (χ2n) is 11.7. The summed E-state index contributed by atoms with van der Waals surface area (Å²) in [6.45, 7) is 2.49. The van der Waals surface area contributed by atoms with Gasteiger partial charge in [-0.25, -0.2) is 4.98 Å². The molecule has 1 aliphatic rings. The van der Waals surface area contributed by atoms with Gasteiger partial charge in [-0.15, -0.1) is 0 Å². The Morgan fingerprint density at radius 2 is 1.77 bits per heavy atom. The molecule has 0 aliphatic carbocycles. The Kier molecular flexibility index (Phi) is 7.78. The molecule has 12 heteroatoms. The van der Waals surface area contributed by atoms with Crippen LogP contribution in [0.25, 0.3) is 22.0 Å². The van der Waals surface area contributed by atoms with Crippen LogP contribution in [0.2, 0.25) is 0 Å². The van der Waals surface area contributed by atoms with Crippen LogP contribution in [-0.4, -0.2) is 42.7 Å². The Morgan fingerprint density at radius 1 is 0.979 bits per heavy atom. The number of rotatable bonds is 7. The normalized spacial score (nSPS) is 13.2. The maximum absolute atomic E-state index is 14.5. The number of amides is 2. The minimum atomic E-state index is -4.69. The predicted molar refractivity (Wildman–Crippen MR) is 176 cm³/mol. The molecule has 4 heterocycles. The zero-order chi connectivity index (χ0) is 33.6. The fourth-order valence-electron chi connectivity index (χ4n) is 6.34. The standard InChI is InChI=1S/C36H30F3N7O2/c1-3-22-15-28-31(9-11-41-32(28)29(16-22)34(47)42-24-7-5-4-6-8-24)46-13-10-25-26(30-20-44(2)43-33(30)36(37,38)39)17-23(18-27(25)35(46)48)19-45-14-12-40-21-45/h4-9,11-12,14-18,20-21H,3,10,13,19H2,1-2H3,(H,42,47). The number of nitrogens with one attached hydrogen (secondary N) is 1. The number of aryl methyl sites for hydroxylation is 2. The van der Waals surface area contributed by atoms with Crippen molar-refractivity contribution < 1.29 is 22.8 Å². The van der Waals surface area contributed by atoms with E-state index in [-0.39, 0.29) is 23.9 Å². The molecule has 0 saturated carbocycles. The van der Waals surface area contributed by atoms with Gasteiger partial charge in [0.25, 0.3) is 11.8 Å². The molecular weight excluding hydrogens is 619 g/mol. The Bertz CT molecular complexity index is 2170. The quantitative estimate of drug-likeness (QED) is 0.203. The van der Waals surface area contributed by atoms with Gasteiger partial charge in [0.05, 0.1) is 23.1 Å². The van der Waals surface area contributed by atoms with Crippen LogP contribution in [0, 0.1) is 0 Å². The van der Waals surface area contributed by atoms with Gasteiger partial charge in [-0.1, -0.05) is 25.1 Å². The van der Waals surface area contributed by atoms with Crippen molar-refractivity contribution in [2.24, 2.45) is 7.05 Å². The highest BCUT2D eigenvalue weighted by Crippen LogP contribution is 2.41. The highest BCUT2D eigenvalue weighted by atomic mass is 19.4. The molecule has 0 atom stereocenters. The van der Waals surface area contributed by atoms with E-state index in [1.54, 1.807) is 64.7 Å². The topological polar surface area (TPSA) is 97.9 Å². The first-order valence-electron chi connectivity index (χ1n) is 15.4. The molecule has 1 aliphatic heterocycles. The molecule has 2 amide bonds. The van der Waals surface area contributed by atoms with Crippen molar-refractivity contribution in [2.75, 3.05) is 16.8 Å². The zero-order valence-electron chi connectivity index (χ0n) is 26.1. The average molecular weight is 650 g/mol. The number of nitrogens with zero attached hydrogens (tertiary/aromatic N) is 6. The number of halogens is 3. The highest BCUT2D eigenvalue weighted by Gasteiger charge is 2.39. The number of anilines is 2. The monoisotopic (exact) mass is 649 g/mol. The predicted octanol–water partition coefficient (Wildman–Crippen LogP) is 6.92. The summed E-state index contributed by atoms with van der Waals surface area (Å²) >= 11 is 0.